The Morgan fingerprint density at radius 3 is 2.16 bits per heavy atom. The van der Waals surface area contributed by atoms with Crippen LogP contribution in [-0.2, 0) is 0 Å². The Labute approximate surface area is 147 Å². The van der Waals surface area contributed by atoms with Crippen molar-refractivity contribution in [3.63, 3.8) is 0 Å². The number of aryl methyl sites for hydroxylation is 1. The summed E-state index contributed by atoms with van der Waals surface area (Å²) in [6, 6.07) is 7.20. The van der Waals surface area contributed by atoms with Crippen LogP contribution in [0.5, 0.6) is 11.5 Å². The monoisotopic (exact) mass is 342 g/mol. The van der Waals surface area contributed by atoms with E-state index in [2.05, 4.69) is 14.9 Å². The number of nitrogens with zero attached hydrogens (tertiary/aromatic N) is 4. The first-order chi connectivity index (χ1) is 12.1. The van der Waals surface area contributed by atoms with Gasteiger partial charge in [0, 0.05) is 49.6 Å². The third kappa shape index (κ3) is 3.81. The van der Waals surface area contributed by atoms with Crippen LogP contribution in [0.2, 0.25) is 0 Å². The van der Waals surface area contributed by atoms with Gasteiger partial charge in [0.15, 0.2) is 0 Å². The van der Waals surface area contributed by atoms with Gasteiger partial charge in [-0.3, -0.25) is 4.79 Å². The number of anilines is 1. The molecule has 0 unspecified atom stereocenters. The van der Waals surface area contributed by atoms with Gasteiger partial charge < -0.3 is 19.3 Å². The summed E-state index contributed by atoms with van der Waals surface area (Å²) in [5.74, 6) is 2.11. The number of ether oxygens (including phenoxy) is 2. The second-order valence-corrected chi connectivity index (χ2v) is 5.90. The first-order valence-electron chi connectivity index (χ1n) is 8.16. The van der Waals surface area contributed by atoms with Crippen LogP contribution in [0.15, 0.2) is 30.6 Å². The van der Waals surface area contributed by atoms with E-state index < -0.39 is 0 Å². The Balaban J connectivity index is 1.69. The summed E-state index contributed by atoms with van der Waals surface area (Å²) in [6.45, 7) is 4.70. The van der Waals surface area contributed by atoms with Crippen LogP contribution >= 0.6 is 0 Å². The molecule has 1 fully saturated rings. The highest BCUT2D eigenvalue weighted by Gasteiger charge is 2.23. The molecule has 1 aliphatic heterocycles. The van der Waals surface area contributed by atoms with E-state index in [9.17, 15) is 4.79 Å². The third-order valence-electron chi connectivity index (χ3n) is 4.28. The number of carbonyl (C=O) groups is 1. The van der Waals surface area contributed by atoms with Crippen molar-refractivity contribution in [2.45, 2.75) is 6.92 Å². The van der Waals surface area contributed by atoms with Crippen molar-refractivity contribution in [1.82, 2.24) is 14.9 Å². The molecule has 0 N–H and O–H groups in total. The molecule has 7 nitrogen and oxygen atoms in total. The second kappa shape index (κ2) is 7.38. The van der Waals surface area contributed by atoms with E-state index in [0.29, 0.717) is 30.2 Å². The molecule has 0 atom stereocenters. The standard InChI is InChI=1S/C18H22N4O3/c1-13-8-17(20-12-19-13)21-4-6-22(7-5-21)18(23)14-9-15(24-2)11-16(10-14)25-3/h8-12H,4-7H2,1-3H3. The Morgan fingerprint density at radius 2 is 1.60 bits per heavy atom. The number of hydrogen-bond acceptors (Lipinski definition) is 6. The molecule has 0 spiro atoms. The van der Waals surface area contributed by atoms with Gasteiger partial charge in [0.2, 0.25) is 0 Å². The number of amides is 1. The molecule has 1 aromatic heterocycles. The van der Waals surface area contributed by atoms with Crippen LogP contribution in [0, 0.1) is 6.92 Å². The quantitative estimate of drug-likeness (QED) is 0.843. The van der Waals surface area contributed by atoms with Gasteiger partial charge in [-0.1, -0.05) is 0 Å². The van der Waals surface area contributed by atoms with Gasteiger partial charge in [-0.2, -0.15) is 0 Å². The topological polar surface area (TPSA) is 67.8 Å². The van der Waals surface area contributed by atoms with Crippen molar-refractivity contribution >= 4 is 11.7 Å². The lowest BCUT2D eigenvalue weighted by molar-refractivity contribution is 0.0745. The minimum Gasteiger partial charge on any atom is -0.497 e. The maximum atomic E-state index is 12.8. The molecule has 25 heavy (non-hydrogen) atoms. The van der Waals surface area contributed by atoms with Gasteiger partial charge >= 0.3 is 0 Å². The van der Waals surface area contributed by atoms with E-state index in [-0.39, 0.29) is 5.91 Å². The van der Waals surface area contributed by atoms with Gasteiger partial charge in [0.1, 0.15) is 23.6 Å². The number of hydrogen-bond donors (Lipinski definition) is 0. The maximum Gasteiger partial charge on any atom is 0.254 e. The molecule has 132 valence electrons. The molecule has 7 heteroatoms. The number of methoxy groups -OCH3 is 2. The van der Waals surface area contributed by atoms with Crippen molar-refractivity contribution in [1.29, 1.82) is 0 Å². The van der Waals surface area contributed by atoms with Crippen LogP contribution in [0.3, 0.4) is 0 Å². The zero-order valence-corrected chi connectivity index (χ0v) is 14.7. The SMILES string of the molecule is COc1cc(OC)cc(C(=O)N2CCN(c3cc(C)ncn3)CC2)c1. The number of carbonyl (C=O) groups excluding carboxylic acids is 1. The lowest BCUT2D eigenvalue weighted by Gasteiger charge is -2.35. The highest BCUT2D eigenvalue weighted by Crippen LogP contribution is 2.24. The smallest absolute Gasteiger partial charge is 0.254 e. The van der Waals surface area contributed by atoms with Gasteiger partial charge in [-0.25, -0.2) is 9.97 Å². The number of piperazine rings is 1. The first kappa shape index (κ1) is 17.0. The largest absolute Gasteiger partial charge is 0.497 e. The lowest BCUT2D eigenvalue weighted by atomic mass is 10.1. The lowest BCUT2D eigenvalue weighted by Crippen LogP contribution is -2.49. The summed E-state index contributed by atoms with van der Waals surface area (Å²) in [5.41, 5.74) is 1.51. The fourth-order valence-corrected chi connectivity index (χ4v) is 2.87. The third-order valence-corrected chi connectivity index (χ3v) is 4.28. The maximum absolute atomic E-state index is 12.8. The Hall–Kier alpha value is -2.83. The van der Waals surface area contributed by atoms with E-state index in [0.717, 1.165) is 24.6 Å². The first-order valence-corrected chi connectivity index (χ1v) is 8.16. The Bertz CT molecular complexity index is 735. The molecule has 2 aromatic rings. The Morgan fingerprint density at radius 1 is 0.960 bits per heavy atom. The molecule has 3 rings (SSSR count). The van der Waals surface area contributed by atoms with Crippen LogP contribution in [0.1, 0.15) is 16.1 Å². The molecule has 0 saturated carbocycles. The van der Waals surface area contributed by atoms with E-state index in [1.807, 2.05) is 17.9 Å². The predicted octanol–water partition coefficient (Wildman–Crippen LogP) is 1.76. The highest BCUT2D eigenvalue weighted by atomic mass is 16.5. The molecule has 1 aliphatic rings. The normalized spacial score (nSPS) is 14.4. The number of aromatic nitrogens is 2. The summed E-state index contributed by atoms with van der Waals surface area (Å²) >= 11 is 0. The molecule has 2 heterocycles. The minimum absolute atomic E-state index is 0.0179. The molecule has 1 amide bonds. The summed E-state index contributed by atoms with van der Waals surface area (Å²) in [4.78, 5) is 25.3. The molecular weight excluding hydrogens is 320 g/mol. The van der Waals surface area contributed by atoms with Crippen LogP contribution in [-0.4, -0.2) is 61.2 Å². The highest BCUT2D eigenvalue weighted by molar-refractivity contribution is 5.95. The fraction of sp³-hybridized carbons (Fsp3) is 0.389. The minimum atomic E-state index is -0.0179. The molecule has 0 radical (unpaired) electrons. The van der Waals surface area contributed by atoms with Crippen LogP contribution in [0.25, 0.3) is 0 Å². The van der Waals surface area contributed by atoms with Gasteiger partial charge in [0.25, 0.3) is 5.91 Å². The van der Waals surface area contributed by atoms with Crippen molar-refractivity contribution in [3.8, 4) is 11.5 Å². The van der Waals surface area contributed by atoms with E-state index in [1.54, 1.807) is 38.7 Å². The van der Waals surface area contributed by atoms with Crippen molar-refractivity contribution in [2.75, 3.05) is 45.3 Å². The number of benzene rings is 1. The predicted molar refractivity (Wildman–Crippen MR) is 94.4 cm³/mol. The number of rotatable bonds is 4. The van der Waals surface area contributed by atoms with Gasteiger partial charge in [-0.15, -0.1) is 0 Å². The zero-order valence-electron chi connectivity index (χ0n) is 14.7. The van der Waals surface area contributed by atoms with Crippen molar-refractivity contribution in [3.05, 3.63) is 41.9 Å². The fourth-order valence-electron chi connectivity index (χ4n) is 2.87. The molecule has 0 bridgehead atoms. The summed E-state index contributed by atoms with van der Waals surface area (Å²) in [6.07, 6.45) is 1.57. The van der Waals surface area contributed by atoms with Crippen LogP contribution in [0.4, 0.5) is 5.82 Å². The van der Waals surface area contributed by atoms with Crippen molar-refractivity contribution < 1.29 is 14.3 Å². The average molecular weight is 342 g/mol. The summed E-state index contributed by atoms with van der Waals surface area (Å²) in [5, 5.41) is 0. The second-order valence-electron chi connectivity index (χ2n) is 5.90. The molecular formula is C18H22N4O3. The molecule has 0 aliphatic carbocycles. The van der Waals surface area contributed by atoms with Crippen molar-refractivity contribution in [2.24, 2.45) is 0 Å². The van der Waals surface area contributed by atoms with Gasteiger partial charge in [-0.05, 0) is 19.1 Å². The zero-order chi connectivity index (χ0) is 17.8. The molecule has 1 aromatic carbocycles. The summed E-state index contributed by atoms with van der Waals surface area (Å²) < 4.78 is 10.5. The van der Waals surface area contributed by atoms with E-state index in [1.165, 1.54) is 0 Å². The average Bonchev–Trinajstić information content (AvgIpc) is 2.67. The van der Waals surface area contributed by atoms with E-state index >= 15 is 0 Å². The molecule has 1 saturated heterocycles. The van der Waals surface area contributed by atoms with E-state index in [4.69, 9.17) is 9.47 Å². The summed E-state index contributed by atoms with van der Waals surface area (Å²) in [7, 11) is 3.15. The van der Waals surface area contributed by atoms with Crippen LogP contribution < -0.4 is 14.4 Å². The van der Waals surface area contributed by atoms with Gasteiger partial charge in [0.05, 0.1) is 14.2 Å². The Kier molecular flexibility index (Phi) is 5.02.